The number of nitrogens with two attached hydrogens (primary N) is 1. The first-order valence-electron chi connectivity index (χ1n) is 5.55. The number of hydrogen-bond donors (Lipinski definition) is 1. The number of halogens is 1. The Morgan fingerprint density at radius 2 is 2.12 bits per heavy atom. The highest BCUT2D eigenvalue weighted by Crippen LogP contribution is 2.57. The van der Waals surface area contributed by atoms with Crippen LogP contribution in [-0.4, -0.2) is 7.11 Å². The normalized spacial score (nSPS) is 23.9. The molecule has 0 heterocycles. The van der Waals surface area contributed by atoms with Gasteiger partial charge < -0.3 is 10.5 Å². The van der Waals surface area contributed by atoms with E-state index in [1.165, 1.54) is 6.42 Å². The average molecular weight is 240 g/mol. The minimum atomic E-state index is 0.0819. The fourth-order valence-electron chi connectivity index (χ4n) is 2.24. The SMILES string of the molecule is COc1ccc(C(N)C2CC2(C)C)cc1Cl. The smallest absolute Gasteiger partial charge is 0.137 e. The Morgan fingerprint density at radius 3 is 2.56 bits per heavy atom. The summed E-state index contributed by atoms with van der Waals surface area (Å²) in [6.07, 6.45) is 1.19. The Morgan fingerprint density at radius 1 is 1.50 bits per heavy atom. The molecular formula is C13H18ClNO. The van der Waals surface area contributed by atoms with Gasteiger partial charge in [-0.25, -0.2) is 0 Å². The van der Waals surface area contributed by atoms with E-state index < -0.39 is 0 Å². The van der Waals surface area contributed by atoms with Gasteiger partial charge in [-0.2, -0.15) is 0 Å². The average Bonchev–Trinajstić information content (AvgIpc) is 2.86. The van der Waals surface area contributed by atoms with Crippen molar-refractivity contribution in [2.24, 2.45) is 17.1 Å². The highest BCUT2D eigenvalue weighted by Gasteiger charge is 2.49. The van der Waals surface area contributed by atoms with Gasteiger partial charge in [-0.15, -0.1) is 0 Å². The molecular weight excluding hydrogens is 222 g/mol. The molecule has 0 amide bonds. The molecule has 2 N–H and O–H groups in total. The van der Waals surface area contributed by atoms with E-state index in [0.717, 1.165) is 5.56 Å². The van der Waals surface area contributed by atoms with Crippen LogP contribution < -0.4 is 10.5 Å². The minimum absolute atomic E-state index is 0.0819. The summed E-state index contributed by atoms with van der Waals surface area (Å²) in [6.45, 7) is 4.51. The van der Waals surface area contributed by atoms with Crippen LogP contribution >= 0.6 is 11.6 Å². The fraction of sp³-hybridized carbons (Fsp3) is 0.538. The maximum Gasteiger partial charge on any atom is 0.137 e. The number of ether oxygens (including phenoxy) is 1. The van der Waals surface area contributed by atoms with Gasteiger partial charge in [0.2, 0.25) is 0 Å². The molecule has 0 bridgehead atoms. The van der Waals surface area contributed by atoms with E-state index in [1.54, 1.807) is 7.11 Å². The molecule has 0 saturated heterocycles. The van der Waals surface area contributed by atoms with Crippen LogP contribution in [0.15, 0.2) is 18.2 Å². The van der Waals surface area contributed by atoms with Crippen LogP contribution in [0.4, 0.5) is 0 Å². The second-order valence-electron chi connectivity index (χ2n) is 5.22. The highest BCUT2D eigenvalue weighted by molar-refractivity contribution is 6.32. The Balaban J connectivity index is 2.19. The molecule has 2 atom stereocenters. The van der Waals surface area contributed by atoms with Crippen LogP contribution in [0, 0.1) is 11.3 Å². The molecule has 2 rings (SSSR count). The standard InChI is InChI=1S/C13H18ClNO/c1-13(2)7-9(13)12(15)8-4-5-11(16-3)10(14)6-8/h4-6,9,12H,7,15H2,1-3H3. The van der Waals surface area contributed by atoms with Crippen molar-refractivity contribution < 1.29 is 4.74 Å². The minimum Gasteiger partial charge on any atom is -0.495 e. The maximum atomic E-state index is 6.24. The van der Waals surface area contributed by atoms with Crippen molar-refractivity contribution in [1.82, 2.24) is 0 Å². The van der Waals surface area contributed by atoms with Crippen LogP contribution in [0.2, 0.25) is 5.02 Å². The summed E-state index contributed by atoms with van der Waals surface area (Å²) in [7, 11) is 1.62. The third-order valence-corrected chi connectivity index (χ3v) is 3.88. The lowest BCUT2D eigenvalue weighted by Crippen LogP contribution is -2.15. The lowest BCUT2D eigenvalue weighted by atomic mass is 9.98. The Labute approximate surface area is 102 Å². The fourth-order valence-corrected chi connectivity index (χ4v) is 2.51. The molecule has 1 aliphatic rings. The van der Waals surface area contributed by atoms with Crippen LogP contribution in [0.1, 0.15) is 31.9 Å². The molecule has 2 nitrogen and oxygen atoms in total. The Hall–Kier alpha value is -0.730. The lowest BCUT2D eigenvalue weighted by molar-refractivity contribution is 0.414. The summed E-state index contributed by atoms with van der Waals surface area (Å²) < 4.78 is 5.12. The van der Waals surface area contributed by atoms with Gasteiger partial charge in [0.25, 0.3) is 0 Å². The van der Waals surface area contributed by atoms with Gasteiger partial charge in [0.15, 0.2) is 0 Å². The van der Waals surface area contributed by atoms with Crippen molar-refractivity contribution in [2.75, 3.05) is 7.11 Å². The van der Waals surface area contributed by atoms with Crippen molar-refractivity contribution in [1.29, 1.82) is 0 Å². The van der Waals surface area contributed by atoms with Gasteiger partial charge in [0.1, 0.15) is 5.75 Å². The Kier molecular flexibility index (Phi) is 2.89. The molecule has 1 aromatic rings. The van der Waals surface area contributed by atoms with Crippen molar-refractivity contribution in [3.8, 4) is 5.75 Å². The molecule has 1 aromatic carbocycles. The molecule has 1 aliphatic carbocycles. The zero-order chi connectivity index (χ0) is 11.9. The zero-order valence-electron chi connectivity index (χ0n) is 9.96. The molecule has 16 heavy (non-hydrogen) atoms. The maximum absolute atomic E-state index is 6.24. The first-order chi connectivity index (χ1) is 7.45. The molecule has 1 saturated carbocycles. The third kappa shape index (κ3) is 2.04. The Bertz CT molecular complexity index is 403. The van der Waals surface area contributed by atoms with Gasteiger partial charge in [0.05, 0.1) is 12.1 Å². The molecule has 0 radical (unpaired) electrons. The summed E-state index contributed by atoms with van der Waals surface area (Å²) >= 11 is 6.09. The number of methoxy groups -OCH3 is 1. The molecule has 2 unspecified atom stereocenters. The number of rotatable bonds is 3. The molecule has 0 aliphatic heterocycles. The van der Waals surface area contributed by atoms with E-state index in [1.807, 2.05) is 18.2 Å². The second-order valence-corrected chi connectivity index (χ2v) is 5.63. The summed E-state index contributed by atoms with van der Waals surface area (Å²) in [4.78, 5) is 0. The molecule has 0 aromatic heterocycles. The number of benzene rings is 1. The largest absolute Gasteiger partial charge is 0.495 e. The van der Waals surface area contributed by atoms with Crippen LogP contribution in [0.5, 0.6) is 5.75 Å². The summed E-state index contributed by atoms with van der Waals surface area (Å²) in [5.41, 5.74) is 7.72. The lowest BCUT2D eigenvalue weighted by Gasteiger charge is -2.15. The van der Waals surface area contributed by atoms with E-state index in [0.29, 0.717) is 22.1 Å². The van der Waals surface area contributed by atoms with Crippen molar-refractivity contribution in [3.05, 3.63) is 28.8 Å². The quantitative estimate of drug-likeness (QED) is 0.878. The molecule has 1 fully saturated rings. The predicted octanol–water partition coefficient (Wildman–Crippen LogP) is 3.39. The van der Waals surface area contributed by atoms with Gasteiger partial charge in [0, 0.05) is 6.04 Å². The molecule has 3 heteroatoms. The van der Waals surface area contributed by atoms with E-state index in [2.05, 4.69) is 13.8 Å². The number of hydrogen-bond acceptors (Lipinski definition) is 2. The van der Waals surface area contributed by atoms with Crippen LogP contribution in [0.25, 0.3) is 0 Å². The van der Waals surface area contributed by atoms with E-state index >= 15 is 0 Å². The summed E-state index contributed by atoms with van der Waals surface area (Å²) in [5.74, 6) is 1.27. The molecule has 0 spiro atoms. The third-order valence-electron chi connectivity index (χ3n) is 3.58. The van der Waals surface area contributed by atoms with Crippen LogP contribution in [-0.2, 0) is 0 Å². The van der Waals surface area contributed by atoms with E-state index in [4.69, 9.17) is 22.1 Å². The van der Waals surface area contributed by atoms with Crippen molar-refractivity contribution in [3.63, 3.8) is 0 Å². The molecule has 88 valence electrons. The first-order valence-corrected chi connectivity index (χ1v) is 5.92. The summed E-state index contributed by atoms with van der Waals surface area (Å²) in [5, 5.41) is 0.633. The predicted molar refractivity (Wildman–Crippen MR) is 66.8 cm³/mol. The zero-order valence-corrected chi connectivity index (χ0v) is 10.7. The van der Waals surface area contributed by atoms with E-state index in [9.17, 15) is 0 Å². The van der Waals surface area contributed by atoms with Gasteiger partial charge in [-0.1, -0.05) is 31.5 Å². The van der Waals surface area contributed by atoms with Gasteiger partial charge >= 0.3 is 0 Å². The summed E-state index contributed by atoms with van der Waals surface area (Å²) in [6, 6.07) is 5.88. The van der Waals surface area contributed by atoms with Crippen molar-refractivity contribution in [2.45, 2.75) is 26.3 Å². The van der Waals surface area contributed by atoms with E-state index in [-0.39, 0.29) is 6.04 Å². The second kappa shape index (κ2) is 3.94. The van der Waals surface area contributed by atoms with Gasteiger partial charge in [-0.3, -0.25) is 0 Å². The topological polar surface area (TPSA) is 35.2 Å². The monoisotopic (exact) mass is 239 g/mol. The van der Waals surface area contributed by atoms with Gasteiger partial charge in [-0.05, 0) is 35.4 Å². The highest BCUT2D eigenvalue weighted by atomic mass is 35.5. The first kappa shape index (κ1) is 11.7. The van der Waals surface area contributed by atoms with Crippen molar-refractivity contribution >= 4 is 11.6 Å². The van der Waals surface area contributed by atoms with Crippen LogP contribution in [0.3, 0.4) is 0 Å².